The van der Waals surface area contributed by atoms with Crippen LogP contribution in [0.2, 0.25) is 5.02 Å². The van der Waals surface area contributed by atoms with Crippen LogP contribution in [0, 0.1) is 5.82 Å². The molecule has 1 saturated carbocycles. The number of aromatic amines is 1. The molecule has 0 radical (unpaired) electrons. The number of imidazole rings is 1. The number of rotatable bonds is 4. The van der Waals surface area contributed by atoms with Gasteiger partial charge in [0, 0.05) is 41.0 Å². The van der Waals surface area contributed by atoms with Crippen LogP contribution in [0.25, 0.3) is 33.5 Å². The van der Waals surface area contributed by atoms with Gasteiger partial charge in [-0.2, -0.15) is 0 Å². The van der Waals surface area contributed by atoms with Crippen molar-refractivity contribution in [3.8, 4) is 22.5 Å². The van der Waals surface area contributed by atoms with Gasteiger partial charge in [0.15, 0.2) is 0 Å². The van der Waals surface area contributed by atoms with E-state index in [0.717, 1.165) is 59.2 Å². The number of fused-ring (bicyclic) bond motifs is 1. The number of H-pyrrole nitrogens is 1. The monoisotopic (exact) mass is 437 g/mol. The number of nitrogens with one attached hydrogen (secondary N) is 1. The van der Waals surface area contributed by atoms with Crippen molar-refractivity contribution in [3.63, 3.8) is 0 Å². The summed E-state index contributed by atoms with van der Waals surface area (Å²) in [5.41, 5.74) is 4.55. The molecule has 0 spiro atoms. The van der Waals surface area contributed by atoms with Crippen LogP contribution in [0.1, 0.15) is 31.7 Å². The van der Waals surface area contributed by atoms with Crippen molar-refractivity contribution in [1.82, 2.24) is 24.4 Å². The Labute approximate surface area is 185 Å². The van der Waals surface area contributed by atoms with Crippen LogP contribution in [0.3, 0.4) is 0 Å². The highest BCUT2D eigenvalue weighted by Crippen LogP contribution is 2.40. The summed E-state index contributed by atoms with van der Waals surface area (Å²) >= 11 is 6.11. The zero-order valence-corrected chi connectivity index (χ0v) is 18.4. The van der Waals surface area contributed by atoms with Crippen LogP contribution in [0.4, 0.5) is 4.39 Å². The van der Waals surface area contributed by atoms with Gasteiger partial charge in [0.25, 0.3) is 0 Å². The van der Waals surface area contributed by atoms with Crippen molar-refractivity contribution >= 4 is 22.6 Å². The van der Waals surface area contributed by atoms with Crippen LogP contribution >= 0.6 is 11.6 Å². The van der Waals surface area contributed by atoms with Gasteiger partial charge in [-0.05, 0) is 70.1 Å². The van der Waals surface area contributed by atoms with Crippen molar-refractivity contribution in [3.05, 3.63) is 59.9 Å². The summed E-state index contributed by atoms with van der Waals surface area (Å²) in [5, 5.41) is 1.15. The maximum absolute atomic E-state index is 13.8. The first-order chi connectivity index (χ1) is 15.0. The quantitative estimate of drug-likeness (QED) is 0.430. The van der Waals surface area contributed by atoms with Crippen LogP contribution < -0.4 is 0 Å². The molecule has 1 fully saturated rings. The van der Waals surface area contributed by atoms with Crippen LogP contribution in [0.5, 0.6) is 0 Å². The minimum absolute atomic E-state index is 0.103. The fourth-order valence-electron chi connectivity index (χ4n) is 4.78. The van der Waals surface area contributed by atoms with E-state index in [1.807, 2.05) is 30.9 Å². The SMILES string of the molecule is CN(C)C1CCC(n2cnc(-c3ccc(F)c(Cl)c3)c2-c2ccnc3[nH]ccc23)CC1. The molecule has 0 aliphatic heterocycles. The highest BCUT2D eigenvalue weighted by atomic mass is 35.5. The largest absolute Gasteiger partial charge is 0.346 e. The lowest BCUT2D eigenvalue weighted by Gasteiger charge is -2.34. The van der Waals surface area contributed by atoms with Gasteiger partial charge in [-0.15, -0.1) is 0 Å². The number of hydrogen-bond donors (Lipinski definition) is 1. The summed E-state index contributed by atoms with van der Waals surface area (Å²) in [6.07, 6.45) is 10.1. The molecule has 4 aromatic rings. The minimum Gasteiger partial charge on any atom is -0.346 e. The van der Waals surface area contributed by atoms with Gasteiger partial charge in [0.05, 0.1) is 22.7 Å². The Morgan fingerprint density at radius 1 is 1.10 bits per heavy atom. The molecule has 160 valence electrons. The molecule has 1 aliphatic rings. The predicted octanol–water partition coefficient (Wildman–Crippen LogP) is 5.93. The number of nitrogens with zero attached hydrogens (tertiary/aromatic N) is 4. The average molecular weight is 438 g/mol. The van der Waals surface area contributed by atoms with Crippen LogP contribution in [0.15, 0.2) is 49.1 Å². The first-order valence-electron chi connectivity index (χ1n) is 10.6. The second-order valence-electron chi connectivity index (χ2n) is 8.50. The molecule has 5 nitrogen and oxygen atoms in total. The molecule has 1 aromatic carbocycles. The smallest absolute Gasteiger partial charge is 0.141 e. The first-order valence-corrected chi connectivity index (χ1v) is 11.0. The third-order valence-corrected chi connectivity index (χ3v) is 6.78. The minimum atomic E-state index is -0.426. The third-order valence-electron chi connectivity index (χ3n) is 6.49. The Balaban J connectivity index is 1.65. The maximum Gasteiger partial charge on any atom is 0.141 e. The second kappa shape index (κ2) is 8.09. The van der Waals surface area contributed by atoms with E-state index in [1.54, 1.807) is 12.1 Å². The van der Waals surface area contributed by atoms with Crippen LogP contribution in [-0.2, 0) is 0 Å². The van der Waals surface area contributed by atoms with Gasteiger partial charge in [-0.25, -0.2) is 14.4 Å². The lowest BCUT2D eigenvalue weighted by atomic mass is 9.90. The average Bonchev–Trinajstić information content (AvgIpc) is 3.43. The van der Waals surface area contributed by atoms with Crippen molar-refractivity contribution in [2.75, 3.05) is 14.1 Å². The van der Waals surface area contributed by atoms with E-state index in [4.69, 9.17) is 16.6 Å². The predicted molar refractivity (Wildman–Crippen MR) is 123 cm³/mol. The fourth-order valence-corrected chi connectivity index (χ4v) is 4.96. The summed E-state index contributed by atoms with van der Waals surface area (Å²) in [6, 6.07) is 9.87. The molecular formula is C24H25ClFN5. The zero-order chi connectivity index (χ0) is 21.5. The van der Waals surface area contributed by atoms with E-state index in [2.05, 4.69) is 33.5 Å². The summed E-state index contributed by atoms with van der Waals surface area (Å²) in [6.45, 7) is 0. The van der Waals surface area contributed by atoms with E-state index in [9.17, 15) is 4.39 Å². The van der Waals surface area contributed by atoms with E-state index in [1.165, 1.54) is 6.07 Å². The highest BCUT2D eigenvalue weighted by Gasteiger charge is 2.27. The molecule has 31 heavy (non-hydrogen) atoms. The van der Waals surface area contributed by atoms with E-state index < -0.39 is 5.82 Å². The van der Waals surface area contributed by atoms with Gasteiger partial charge in [-0.3, -0.25) is 0 Å². The molecule has 5 rings (SSSR count). The molecule has 3 aromatic heterocycles. The Bertz CT molecular complexity index is 1220. The number of benzene rings is 1. The fraction of sp³-hybridized carbons (Fsp3) is 0.333. The highest BCUT2D eigenvalue weighted by molar-refractivity contribution is 6.31. The molecule has 0 atom stereocenters. The van der Waals surface area contributed by atoms with Gasteiger partial charge in [0.1, 0.15) is 11.5 Å². The molecule has 0 unspecified atom stereocenters. The van der Waals surface area contributed by atoms with Gasteiger partial charge >= 0.3 is 0 Å². The molecule has 1 aliphatic carbocycles. The summed E-state index contributed by atoms with van der Waals surface area (Å²) < 4.78 is 16.1. The van der Waals surface area contributed by atoms with Crippen molar-refractivity contribution in [1.29, 1.82) is 0 Å². The number of halogens is 2. The third kappa shape index (κ3) is 3.64. The summed E-state index contributed by atoms with van der Waals surface area (Å²) in [4.78, 5) is 14.8. The Hall–Kier alpha value is -2.70. The Morgan fingerprint density at radius 2 is 1.90 bits per heavy atom. The van der Waals surface area contributed by atoms with Crippen molar-refractivity contribution < 1.29 is 4.39 Å². The zero-order valence-electron chi connectivity index (χ0n) is 17.6. The molecule has 1 N–H and O–H groups in total. The lowest BCUT2D eigenvalue weighted by Crippen LogP contribution is -2.32. The van der Waals surface area contributed by atoms with Crippen molar-refractivity contribution in [2.24, 2.45) is 0 Å². The van der Waals surface area contributed by atoms with Crippen LogP contribution in [-0.4, -0.2) is 44.6 Å². The normalized spacial score (nSPS) is 19.4. The lowest BCUT2D eigenvalue weighted by molar-refractivity contribution is 0.196. The summed E-state index contributed by atoms with van der Waals surface area (Å²) in [7, 11) is 4.31. The standard InChI is InChI=1S/C24H25ClFN5/c1-30(2)16-4-6-17(7-5-16)31-14-29-22(15-3-8-21(26)20(25)13-15)23(31)18-9-11-27-24-19(18)10-12-28-24/h3,8-14,16-17H,4-7H2,1-2H3,(H,27,28). The molecule has 0 saturated heterocycles. The first kappa shape index (κ1) is 20.2. The topological polar surface area (TPSA) is 49.7 Å². The Kier molecular flexibility index (Phi) is 5.28. The number of hydrogen-bond acceptors (Lipinski definition) is 3. The number of aromatic nitrogens is 4. The van der Waals surface area contributed by atoms with Gasteiger partial charge in [-0.1, -0.05) is 11.6 Å². The summed E-state index contributed by atoms with van der Waals surface area (Å²) in [5.74, 6) is -0.426. The molecule has 0 bridgehead atoms. The second-order valence-corrected chi connectivity index (χ2v) is 8.91. The van der Waals surface area contributed by atoms with E-state index >= 15 is 0 Å². The number of pyridine rings is 1. The molecule has 0 amide bonds. The molecule has 7 heteroatoms. The maximum atomic E-state index is 13.8. The van der Waals surface area contributed by atoms with Gasteiger partial charge in [0.2, 0.25) is 0 Å². The molecule has 3 heterocycles. The van der Waals surface area contributed by atoms with Crippen molar-refractivity contribution in [2.45, 2.75) is 37.8 Å². The van der Waals surface area contributed by atoms with E-state index in [0.29, 0.717) is 12.1 Å². The Morgan fingerprint density at radius 3 is 2.65 bits per heavy atom. The van der Waals surface area contributed by atoms with Gasteiger partial charge < -0.3 is 14.5 Å². The molecular weight excluding hydrogens is 413 g/mol. The van der Waals surface area contributed by atoms with E-state index in [-0.39, 0.29) is 5.02 Å².